The molecule has 1 aromatic rings. The van der Waals surface area contributed by atoms with Gasteiger partial charge in [0, 0.05) is 35.2 Å². The average Bonchev–Trinajstić information content (AvgIpc) is 3.36. The van der Waals surface area contributed by atoms with E-state index in [9.17, 15) is 19.2 Å². The molecule has 1 aromatic heterocycles. The van der Waals surface area contributed by atoms with Gasteiger partial charge in [-0.1, -0.05) is 33.3 Å². The van der Waals surface area contributed by atoms with Gasteiger partial charge in [-0.25, -0.2) is 0 Å². The number of ether oxygens (including phenoxy) is 3. The predicted molar refractivity (Wildman–Crippen MR) is 131 cm³/mol. The number of hydrogen-bond donors (Lipinski definition) is 0. The van der Waals surface area contributed by atoms with Crippen LogP contribution in [-0.2, 0) is 33.4 Å². The molecule has 0 aromatic carbocycles. The summed E-state index contributed by atoms with van der Waals surface area (Å²) >= 11 is 0. The quantitative estimate of drug-likeness (QED) is 0.324. The lowest BCUT2D eigenvalue weighted by molar-refractivity contribution is -0.197. The summed E-state index contributed by atoms with van der Waals surface area (Å²) in [5, 5.41) is 0. The summed E-state index contributed by atoms with van der Waals surface area (Å²) in [7, 11) is 1.35. The number of methoxy groups -OCH3 is 1. The van der Waals surface area contributed by atoms with Crippen molar-refractivity contribution < 1.29 is 37.8 Å². The van der Waals surface area contributed by atoms with Crippen LogP contribution in [0.2, 0.25) is 0 Å². The summed E-state index contributed by atoms with van der Waals surface area (Å²) in [6.07, 6.45) is 4.12. The number of fused-ring (bicyclic) bond motifs is 5. The third-order valence-electron chi connectivity index (χ3n) is 10.1. The molecule has 200 valence electrons. The Balaban J connectivity index is 1.69. The van der Waals surface area contributed by atoms with Crippen molar-refractivity contribution in [3.05, 3.63) is 35.3 Å². The summed E-state index contributed by atoms with van der Waals surface area (Å²) in [5.41, 5.74) is 0.968. The van der Waals surface area contributed by atoms with Crippen molar-refractivity contribution in [1.29, 1.82) is 0 Å². The number of hydrogen-bond acceptors (Lipinski definition) is 8. The van der Waals surface area contributed by atoms with E-state index in [1.165, 1.54) is 14.0 Å². The number of carbonyl (C=O) groups is 4. The molecule has 0 amide bonds. The molecule has 37 heavy (non-hydrogen) atoms. The second kappa shape index (κ2) is 8.57. The Morgan fingerprint density at radius 3 is 2.51 bits per heavy atom. The Hall–Kier alpha value is -2.90. The molecule has 0 N–H and O–H groups in total. The highest BCUT2D eigenvalue weighted by atomic mass is 16.6. The molecule has 0 radical (unpaired) electrons. The number of rotatable bonds is 4. The monoisotopic (exact) mass is 512 g/mol. The van der Waals surface area contributed by atoms with E-state index in [0.717, 1.165) is 29.6 Å². The first-order valence-corrected chi connectivity index (χ1v) is 13.1. The third-order valence-corrected chi connectivity index (χ3v) is 10.1. The zero-order valence-corrected chi connectivity index (χ0v) is 22.4. The summed E-state index contributed by atoms with van der Waals surface area (Å²) < 4.78 is 22.1. The first kappa shape index (κ1) is 25.7. The fourth-order valence-electron chi connectivity index (χ4n) is 8.37. The minimum atomic E-state index is -0.868. The van der Waals surface area contributed by atoms with Gasteiger partial charge in [0.1, 0.15) is 18.0 Å². The molecule has 3 fully saturated rings. The topological polar surface area (TPSA) is 109 Å². The summed E-state index contributed by atoms with van der Waals surface area (Å²) in [6.45, 7) is 9.43. The van der Waals surface area contributed by atoms with Crippen molar-refractivity contribution in [2.75, 3.05) is 7.11 Å². The van der Waals surface area contributed by atoms with Gasteiger partial charge in [0.15, 0.2) is 0 Å². The van der Waals surface area contributed by atoms with E-state index in [1.807, 2.05) is 26.8 Å². The number of Topliss-reactive ketones (excluding diaryl/α,β-unsaturated/α-hetero) is 1. The second-order valence-corrected chi connectivity index (χ2v) is 12.3. The number of allylic oxidation sites excluding steroid dienone is 1. The highest BCUT2D eigenvalue weighted by molar-refractivity contribution is 5.92. The molecule has 7 atom stereocenters. The third kappa shape index (κ3) is 3.62. The minimum Gasteiger partial charge on any atom is -0.472 e. The van der Waals surface area contributed by atoms with Gasteiger partial charge in [-0.15, -0.1) is 0 Å². The maximum Gasteiger partial charge on any atom is 0.310 e. The van der Waals surface area contributed by atoms with Crippen molar-refractivity contribution in [1.82, 2.24) is 0 Å². The Morgan fingerprint density at radius 1 is 1.16 bits per heavy atom. The molecule has 0 spiro atoms. The van der Waals surface area contributed by atoms with Crippen molar-refractivity contribution in [3.63, 3.8) is 0 Å². The lowest BCUT2D eigenvalue weighted by Gasteiger charge is -2.63. The van der Waals surface area contributed by atoms with Crippen LogP contribution in [0, 0.1) is 34.0 Å². The molecule has 8 nitrogen and oxygen atoms in total. The molecule has 2 bridgehead atoms. The smallest absolute Gasteiger partial charge is 0.310 e. The Labute approximate surface area is 217 Å². The van der Waals surface area contributed by atoms with E-state index in [1.54, 1.807) is 12.5 Å². The van der Waals surface area contributed by atoms with Gasteiger partial charge >= 0.3 is 17.9 Å². The van der Waals surface area contributed by atoms with Crippen LogP contribution in [0.5, 0.6) is 0 Å². The van der Waals surface area contributed by atoms with E-state index in [4.69, 9.17) is 18.6 Å². The van der Waals surface area contributed by atoms with E-state index < -0.39 is 52.2 Å². The number of esters is 3. The van der Waals surface area contributed by atoms with Crippen LogP contribution in [0.4, 0.5) is 0 Å². The van der Waals surface area contributed by atoms with Crippen molar-refractivity contribution in [2.24, 2.45) is 34.0 Å². The lowest BCUT2D eigenvalue weighted by atomic mass is 9.40. The lowest BCUT2D eigenvalue weighted by Crippen LogP contribution is -2.66. The molecule has 8 heteroatoms. The van der Waals surface area contributed by atoms with Gasteiger partial charge in [-0.2, -0.15) is 0 Å². The van der Waals surface area contributed by atoms with Crippen LogP contribution in [0.25, 0.3) is 0 Å². The van der Waals surface area contributed by atoms with E-state index in [2.05, 4.69) is 6.92 Å². The molecule has 1 aliphatic heterocycles. The van der Waals surface area contributed by atoms with Crippen molar-refractivity contribution in [3.8, 4) is 0 Å². The van der Waals surface area contributed by atoms with Crippen LogP contribution >= 0.6 is 0 Å². The van der Waals surface area contributed by atoms with Crippen LogP contribution in [-0.4, -0.2) is 36.9 Å². The molecule has 2 heterocycles. The van der Waals surface area contributed by atoms with Crippen LogP contribution < -0.4 is 0 Å². The molecular weight excluding hydrogens is 476 g/mol. The van der Waals surface area contributed by atoms with E-state index >= 15 is 0 Å². The SMILES string of the molecule is COC(=O)C[C@@H]1C2(C)C(=O)[C@H](CC3=C4CC(=O)O[C@@H](c5ccoc5)[C@]4(C)CCC32)[C@H](OC(C)=O)C1(C)C. The normalized spacial score (nSPS) is 38.3. The fraction of sp³-hybridized carbons (Fsp3) is 0.655. The Bertz CT molecular complexity index is 1180. The van der Waals surface area contributed by atoms with E-state index in [-0.39, 0.29) is 30.5 Å². The first-order chi connectivity index (χ1) is 17.4. The highest BCUT2D eigenvalue weighted by Crippen LogP contribution is 2.68. The van der Waals surface area contributed by atoms with Gasteiger partial charge in [-0.3, -0.25) is 19.2 Å². The minimum absolute atomic E-state index is 0.0368. The Morgan fingerprint density at radius 2 is 1.89 bits per heavy atom. The van der Waals surface area contributed by atoms with Gasteiger partial charge in [-0.05, 0) is 42.7 Å². The second-order valence-electron chi connectivity index (χ2n) is 12.3. The van der Waals surface area contributed by atoms with Gasteiger partial charge in [0.05, 0.1) is 32.0 Å². The molecular formula is C29H36O8. The zero-order chi connectivity index (χ0) is 26.9. The van der Waals surface area contributed by atoms with Gasteiger partial charge in [0.25, 0.3) is 0 Å². The standard InChI is InChI=1S/C29H36O8/c1-15(30)36-26-18-11-17-19(29(5,24(18)33)21(27(26,2)3)13-22(31)34-6)7-9-28(4)20(17)12-23(32)37-25(28)16-8-10-35-14-16/h8,10,14,18-19,21,25-26H,7,9,11-13H2,1-6H3/t18-,19?,21-,25-,26-,28+,29?/m0/s1. The summed E-state index contributed by atoms with van der Waals surface area (Å²) in [5.74, 6) is -2.20. The number of ketones is 1. The molecule has 2 unspecified atom stereocenters. The molecule has 3 aliphatic carbocycles. The maximum absolute atomic E-state index is 14.2. The number of furan rings is 1. The van der Waals surface area contributed by atoms with Crippen molar-refractivity contribution in [2.45, 2.75) is 78.9 Å². The van der Waals surface area contributed by atoms with E-state index in [0.29, 0.717) is 6.42 Å². The predicted octanol–water partition coefficient (Wildman–Crippen LogP) is 4.73. The van der Waals surface area contributed by atoms with Crippen LogP contribution in [0.1, 0.15) is 78.4 Å². The summed E-state index contributed by atoms with van der Waals surface area (Å²) in [4.78, 5) is 52.0. The highest BCUT2D eigenvalue weighted by Gasteiger charge is 2.68. The largest absolute Gasteiger partial charge is 0.472 e. The molecule has 5 rings (SSSR count). The molecule has 2 saturated carbocycles. The molecule has 1 saturated heterocycles. The van der Waals surface area contributed by atoms with Crippen LogP contribution in [0.3, 0.4) is 0 Å². The van der Waals surface area contributed by atoms with Crippen molar-refractivity contribution >= 4 is 23.7 Å². The number of carbonyl (C=O) groups excluding carboxylic acids is 4. The number of cyclic esters (lactones) is 1. The zero-order valence-electron chi connectivity index (χ0n) is 22.4. The average molecular weight is 513 g/mol. The van der Waals surface area contributed by atoms with Crippen LogP contribution in [0.15, 0.2) is 34.2 Å². The Kier molecular flexibility index (Phi) is 5.96. The molecule has 4 aliphatic rings. The maximum atomic E-state index is 14.2. The van der Waals surface area contributed by atoms with Gasteiger partial charge < -0.3 is 18.6 Å². The summed E-state index contributed by atoms with van der Waals surface area (Å²) in [6, 6.07) is 1.83. The van der Waals surface area contributed by atoms with Gasteiger partial charge in [0.2, 0.25) is 0 Å². The first-order valence-electron chi connectivity index (χ1n) is 13.1. The fourth-order valence-corrected chi connectivity index (χ4v) is 8.37.